The number of para-hydroxylation sites is 1. The Bertz CT molecular complexity index is 367. The Morgan fingerprint density at radius 3 is 2.47 bits per heavy atom. The fourth-order valence-electron chi connectivity index (χ4n) is 2.10. The van der Waals surface area contributed by atoms with Crippen LogP contribution < -0.4 is 11.1 Å². The average Bonchev–Trinajstić information content (AvgIpc) is 2.20. The molecule has 0 aliphatic carbocycles. The van der Waals surface area contributed by atoms with Gasteiger partial charge >= 0.3 is 0 Å². The van der Waals surface area contributed by atoms with E-state index in [1.165, 1.54) is 16.8 Å². The largest absolute Gasteiger partial charge is 0.380 e. The molecule has 0 unspecified atom stereocenters. The van der Waals surface area contributed by atoms with Crippen molar-refractivity contribution < 1.29 is 0 Å². The molecular weight excluding hydrogens is 208 g/mol. The van der Waals surface area contributed by atoms with E-state index in [9.17, 15) is 0 Å². The number of rotatable bonds is 5. The lowest BCUT2D eigenvalue weighted by Gasteiger charge is -2.30. The molecule has 0 aliphatic heterocycles. The van der Waals surface area contributed by atoms with Gasteiger partial charge in [0.1, 0.15) is 0 Å². The highest BCUT2D eigenvalue weighted by molar-refractivity contribution is 5.59. The Labute approximate surface area is 106 Å². The van der Waals surface area contributed by atoms with E-state index in [4.69, 9.17) is 5.73 Å². The SMILES string of the molecule is Cc1cccc(C(C)C)c1NC(C)(C)CCN. The smallest absolute Gasteiger partial charge is 0.0409 e. The second-order valence-electron chi connectivity index (χ2n) is 5.74. The van der Waals surface area contributed by atoms with Crippen LogP contribution in [0.2, 0.25) is 0 Å². The van der Waals surface area contributed by atoms with Gasteiger partial charge in [-0.05, 0) is 50.8 Å². The first-order valence-electron chi connectivity index (χ1n) is 6.45. The number of hydrogen-bond donors (Lipinski definition) is 2. The van der Waals surface area contributed by atoms with E-state index in [1.54, 1.807) is 0 Å². The highest BCUT2D eigenvalue weighted by atomic mass is 15.0. The van der Waals surface area contributed by atoms with E-state index in [1.807, 2.05) is 0 Å². The van der Waals surface area contributed by atoms with Crippen molar-refractivity contribution in [2.75, 3.05) is 11.9 Å². The standard InChI is InChI=1S/C15H26N2/c1-11(2)13-8-6-7-12(3)14(13)17-15(4,5)9-10-16/h6-8,11,17H,9-10,16H2,1-5H3. The minimum Gasteiger partial charge on any atom is -0.380 e. The van der Waals surface area contributed by atoms with Crippen molar-refractivity contribution in [3.05, 3.63) is 29.3 Å². The zero-order chi connectivity index (χ0) is 13.1. The number of nitrogens with two attached hydrogens (primary N) is 1. The Morgan fingerprint density at radius 2 is 1.94 bits per heavy atom. The van der Waals surface area contributed by atoms with E-state index in [-0.39, 0.29) is 5.54 Å². The first kappa shape index (κ1) is 14.0. The second-order valence-corrected chi connectivity index (χ2v) is 5.74. The third-order valence-corrected chi connectivity index (χ3v) is 3.16. The fraction of sp³-hybridized carbons (Fsp3) is 0.600. The Balaban J connectivity index is 3.04. The van der Waals surface area contributed by atoms with Gasteiger partial charge in [0.25, 0.3) is 0 Å². The first-order valence-corrected chi connectivity index (χ1v) is 6.45. The average molecular weight is 234 g/mol. The summed E-state index contributed by atoms with van der Waals surface area (Å²) in [6.07, 6.45) is 0.971. The summed E-state index contributed by atoms with van der Waals surface area (Å²) in [5.74, 6) is 0.533. The maximum Gasteiger partial charge on any atom is 0.0409 e. The molecule has 2 heteroatoms. The lowest BCUT2D eigenvalue weighted by Crippen LogP contribution is -2.34. The van der Waals surface area contributed by atoms with E-state index < -0.39 is 0 Å². The Morgan fingerprint density at radius 1 is 1.29 bits per heavy atom. The van der Waals surface area contributed by atoms with Crippen molar-refractivity contribution in [3.63, 3.8) is 0 Å². The molecule has 0 aromatic heterocycles. The summed E-state index contributed by atoms with van der Waals surface area (Å²) in [5, 5.41) is 3.66. The highest BCUT2D eigenvalue weighted by Gasteiger charge is 2.19. The molecule has 1 aromatic rings. The predicted molar refractivity (Wildman–Crippen MR) is 76.6 cm³/mol. The van der Waals surface area contributed by atoms with Crippen molar-refractivity contribution in [2.24, 2.45) is 5.73 Å². The van der Waals surface area contributed by atoms with Gasteiger partial charge in [0.2, 0.25) is 0 Å². The molecule has 1 aromatic carbocycles. The molecule has 0 bridgehead atoms. The minimum atomic E-state index is 0.0461. The van der Waals surface area contributed by atoms with Gasteiger partial charge in [-0.1, -0.05) is 32.0 Å². The predicted octanol–water partition coefficient (Wildman–Crippen LogP) is 3.66. The molecule has 17 heavy (non-hydrogen) atoms. The molecule has 0 radical (unpaired) electrons. The topological polar surface area (TPSA) is 38.0 Å². The molecule has 0 fully saturated rings. The minimum absolute atomic E-state index is 0.0461. The van der Waals surface area contributed by atoms with Crippen LogP contribution in [0.25, 0.3) is 0 Å². The van der Waals surface area contributed by atoms with Crippen LogP contribution in [0.4, 0.5) is 5.69 Å². The zero-order valence-corrected chi connectivity index (χ0v) is 11.8. The summed E-state index contributed by atoms with van der Waals surface area (Å²) in [7, 11) is 0. The van der Waals surface area contributed by atoms with E-state index >= 15 is 0 Å². The molecule has 0 saturated carbocycles. The summed E-state index contributed by atoms with van der Waals surface area (Å²) in [4.78, 5) is 0. The van der Waals surface area contributed by atoms with Crippen molar-refractivity contribution in [1.82, 2.24) is 0 Å². The molecule has 0 aliphatic rings. The van der Waals surface area contributed by atoms with Gasteiger partial charge < -0.3 is 11.1 Å². The summed E-state index contributed by atoms with van der Waals surface area (Å²) in [5.41, 5.74) is 9.68. The molecule has 0 heterocycles. The van der Waals surface area contributed by atoms with Crippen LogP contribution >= 0.6 is 0 Å². The van der Waals surface area contributed by atoms with Crippen molar-refractivity contribution in [3.8, 4) is 0 Å². The van der Waals surface area contributed by atoms with Gasteiger partial charge in [-0.15, -0.1) is 0 Å². The number of aryl methyl sites for hydroxylation is 1. The molecule has 0 spiro atoms. The van der Waals surface area contributed by atoms with Crippen molar-refractivity contribution in [1.29, 1.82) is 0 Å². The first-order chi connectivity index (χ1) is 7.87. The molecule has 2 nitrogen and oxygen atoms in total. The monoisotopic (exact) mass is 234 g/mol. The van der Waals surface area contributed by atoms with E-state index in [0.29, 0.717) is 12.5 Å². The molecular formula is C15H26N2. The molecule has 3 N–H and O–H groups in total. The number of anilines is 1. The van der Waals surface area contributed by atoms with Gasteiger partial charge in [-0.3, -0.25) is 0 Å². The third kappa shape index (κ3) is 3.74. The van der Waals surface area contributed by atoms with Gasteiger partial charge in [-0.2, -0.15) is 0 Å². The lowest BCUT2D eigenvalue weighted by atomic mass is 9.94. The van der Waals surface area contributed by atoms with Crippen LogP contribution in [0.1, 0.15) is 51.2 Å². The maximum atomic E-state index is 5.66. The van der Waals surface area contributed by atoms with Gasteiger partial charge in [0.05, 0.1) is 0 Å². The normalized spacial score (nSPS) is 11.9. The van der Waals surface area contributed by atoms with Crippen molar-refractivity contribution in [2.45, 2.75) is 52.5 Å². The lowest BCUT2D eigenvalue weighted by molar-refractivity contribution is 0.525. The zero-order valence-electron chi connectivity index (χ0n) is 11.8. The van der Waals surface area contributed by atoms with Gasteiger partial charge in [0.15, 0.2) is 0 Å². The molecule has 0 atom stereocenters. The van der Waals surface area contributed by atoms with Crippen LogP contribution in [-0.4, -0.2) is 12.1 Å². The highest BCUT2D eigenvalue weighted by Crippen LogP contribution is 2.30. The van der Waals surface area contributed by atoms with Crippen molar-refractivity contribution >= 4 is 5.69 Å². The number of hydrogen-bond acceptors (Lipinski definition) is 2. The summed E-state index contributed by atoms with van der Waals surface area (Å²) in [6, 6.07) is 6.50. The molecule has 0 saturated heterocycles. The third-order valence-electron chi connectivity index (χ3n) is 3.16. The van der Waals surface area contributed by atoms with E-state index in [0.717, 1.165) is 6.42 Å². The van der Waals surface area contributed by atoms with Crippen LogP contribution in [0.15, 0.2) is 18.2 Å². The van der Waals surface area contributed by atoms with E-state index in [2.05, 4.69) is 58.1 Å². The van der Waals surface area contributed by atoms with Crippen LogP contribution in [0, 0.1) is 6.92 Å². The Hall–Kier alpha value is -1.02. The van der Waals surface area contributed by atoms with Crippen LogP contribution in [0.5, 0.6) is 0 Å². The van der Waals surface area contributed by atoms with Crippen LogP contribution in [-0.2, 0) is 0 Å². The summed E-state index contributed by atoms with van der Waals surface area (Å²) in [6.45, 7) is 11.7. The summed E-state index contributed by atoms with van der Waals surface area (Å²) < 4.78 is 0. The molecule has 0 amide bonds. The maximum absolute atomic E-state index is 5.66. The quantitative estimate of drug-likeness (QED) is 0.816. The van der Waals surface area contributed by atoms with Gasteiger partial charge in [-0.25, -0.2) is 0 Å². The number of benzene rings is 1. The molecule has 1 rings (SSSR count). The van der Waals surface area contributed by atoms with Crippen LogP contribution in [0.3, 0.4) is 0 Å². The Kier molecular flexibility index (Phi) is 4.58. The second kappa shape index (κ2) is 5.54. The molecule has 96 valence electrons. The van der Waals surface area contributed by atoms with Gasteiger partial charge in [0, 0.05) is 11.2 Å². The summed E-state index contributed by atoms with van der Waals surface area (Å²) >= 11 is 0. The fourth-order valence-corrected chi connectivity index (χ4v) is 2.10. The number of nitrogens with one attached hydrogen (secondary N) is 1.